The van der Waals surface area contributed by atoms with Crippen molar-refractivity contribution in [2.75, 3.05) is 19.7 Å². The number of hydrogen-bond donors (Lipinski definition) is 1. The Morgan fingerprint density at radius 2 is 2.00 bits per heavy atom. The van der Waals surface area contributed by atoms with E-state index >= 15 is 0 Å². The fourth-order valence-electron chi connectivity index (χ4n) is 2.88. The Bertz CT molecular complexity index is 579. The molecular weight excluding hydrogens is 340 g/mol. The first-order valence-electron chi connectivity index (χ1n) is 8.90. The molecule has 0 radical (unpaired) electrons. The van der Waals surface area contributed by atoms with E-state index in [0.717, 1.165) is 38.2 Å². The summed E-state index contributed by atoms with van der Waals surface area (Å²) in [7, 11) is 0. The molecule has 1 N–H and O–H groups in total. The lowest BCUT2D eigenvalue weighted by atomic mass is 10.0. The lowest BCUT2D eigenvalue weighted by Gasteiger charge is -2.32. The number of likely N-dealkylation sites (tertiary alicyclic amines) is 1. The molecule has 25 heavy (non-hydrogen) atoms. The van der Waals surface area contributed by atoms with Crippen molar-refractivity contribution in [3.8, 4) is 5.75 Å². The summed E-state index contributed by atoms with van der Waals surface area (Å²) in [4.78, 5) is 14.2. The van der Waals surface area contributed by atoms with Crippen molar-refractivity contribution >= 4 is 17.7 Å². The number of alkyl carbamates (subject to hydrolysis) is 1. The highest BCUT2D eigenvalue weighted by Gasteiger charge is 2.23. The number of nitrogens with one attached hydrogen (secondary N) is 1. The largest absolute Gasteiger partial charge is 0.492 e. The van der Waals surface area contributed by atoms with Gasteiger partial charge in [-0.05, 0) is 58.2 Å². The van der Waals surface area contributed by atoms with Gasteiger partial charge in [-0.1, -0.05) is 17.7 Å². The minimum Gasteiger partial charge on any atom is -0.492 e. The Hall–Kier alpha value is -1.46. The number of carbonyl (C=O) groups excluding carboxylic acids is 1. The molecule has 5 nitrogen and oxygen atoms in total. The highest BCUT2D eigenvalue weighted by Crippen LogP contribution is 2.26. The molecule has 2 rings (SSSR count). The molecular formula is C19H29ClN2O3. The molecule has 1 aliphatic heterocycles. The van der Waals surface area contributed by atoms with Gasteiger partial charge in [0.25, 0.3) is 0 Å². The molecule has 1 heterocycles. The van der Waals surface area contributed by atoms with Gasteiger partial charge < -0.3 is 14.8 Å². The van der Waals surface area contributed by atoms with Crippen molar-refractivity contribution in [3.63, 3.8) is 0 Å². The second kappa shape index (κ2) is 8.77. The van der Waals surface area contributed by atoms with E-state index in [1.54, 1.807) is 0 Å². The molecule has 6 heteroatoms. The third kappa shape index (κ3) is 6.75. The topological polar surface area (TPSA) is 50.8 Å². The molecule has 1 fully saturated rings. The van der Waals surface area contributed by atoms with Crippen LogP contribution in [0.3, 0.4) is 0 Å². The van der Waals surface area contributed by atoms with Gasteiger partial charge in [0.15, 0.2) is 0 Å². The molecule has 0 unspecified atom stereocenters. The van der Waals surface area contributed by atoms with Crippen molar-refractivity contribution in [2.45, 2.75) is 58.7 Å². The van der Waals surface area contributed by atoms with Crippen LogP contribution in [-0.4, -0.2) is 42.3 Å². The summed E-state index contributed by atoms with van der Waals surface area (Å²) in [6.45, 7) is 10.9. The van der Waals surface area contributed by atoms with Crippen LogP contribution >= 0.6 is 11.6 Å². The van der Waals surface area contributed by atoms with E-state index < -0.39 is 5.60 Å². The Labute approximate surface area is 155 Å². The van der Waals surface area contributed by atoms with Crippen molar-refractivity contribution < 1.29 is 14.3 Å². The number of rotatable bonds is 5. The van der Waals surface area contributed by atoms with E-state index in [9.17, 15) is 4.79 Å². The molecule has 0 aromatic heterocycles. The number of ether oxygens (including phenoxy) is 2. The molecule has 1 aromatic carbocycles. The standard InChI is InChI=1S/C19H29ClN2O3/c1-5-24-17-7-6-14(12-16(17)20)13-22-10-8-15(9-11-22)21-18(23)25-19(2,3)4/h6-7,12,15H,5,8-11,13H2,1-4H3,(H,21,23). The molecule has 0 atom stereocenters. The summed E-state index contributed by atoms with van der Waals surface area (Å²) < 4.78 is 10.8. The molecule has 1 saturated heterocycles. The third-order valence-corrected chi connectivity index (χ3v) is 4.31. The second-order valence-corrected chi connectivity index (χ2v) is 7.80. The van der Waals surface area contributed by atoms with Crippen molar-refractivity contribution in [2.24, 2.45) is 0 Å². The van der Waals surface area contributed by atoms with Crippen LogP contribution in [0.15, 0.2) is 18.2 Å². The third-order valence-electron chi connectivity index (χ3n) is 4.01. The summed E-state index contributed by atoms with van der Waals surface area (Å²) in [6.07, 6.45) is 1.51. The van der Waals surface area contributed by atoms with Crippen LogP contribution in [0, 0.1) is 0 Å². The Kier molecular flexibility index (Phi) is 6.96. The molecule has 1 aromatic rings. The van der Waals surface area contributed by atoms with Crippen LogP contribution < -0.4 is 10.1 Å². The number of hydrogen-bond acceptors (Lipinski definition) is 4. The van der Waals surface area contributed by atoms with Gasteiger partial charge in [0, 0.05) is 25.7 Å². The van der Waals surface area contributed by atoms with Crippen molar-refractivity contribution in [1.82, 2.24) is 10.2 Å². The predicted octanol–water partition coefficient (Wildman–Crippen LogP) is 4.23. The minimum absolute atomic E-state index is 0.176. The number of amides is 1. The van der Waals surface area contributed by atoms with Crippen LogP contribution in [0.4, 0.5) is 4.79 Å². The van der Waals surface area contributed by atoms with E-state index in [2.05, 4.69) is 16.3 Å². The van der Waals surface area contributed by atoms with Crippen LogP contribution in [0.1, 0.15) is 46.1 Å². The highest BCUT2D eigenvalue weighted by molar-refractivity contribution is 6.32. The molecule has 1 aliphatic rings. The summed E-state index contributed by atoms with van der Waals surface area (Å²) in [5.41, 5.74) is 0.713. The molecule has 0 spiro atoms. The zero-order valence-electron chi connectivity index (χ0n) is 15.6. The molecule has 1 amide bonds. The SMILES string of the molecule is CCOc1ccc(CN2CCC(NC(=O)OC(C)(C)C)CC2)cc1Cl. The molecule has 0 bridgehead atoms. The minimum atomic E-state index is -0.461. The first-order valence-corrected chi connectivity index (χ1v) is 9.27. The van der Waals surface area contributed by atoms with Gasteiger partial charge in [0.1, 0.15) is 11.4 Å². The average molecular weight is 369 g/mol. The van der Waals surface area contributed by atoms with Gasteiger partial charge in [-0.25, -0.2) is 4.79 Å². The van der Waals surface area contributed by atoms with Gasteiger partial charge in [-0.3, -0.25) is 4.90 Å². The number of piperidine rings is 1. The Balaban J connectivity index is 1.78. The number of nitrogens with zero attached hydrogens (tertiary/aromatic N) is 1. The van der Waals surface area contributed by atoms with Crippen LogP contribution in [-0.2, 0) is 11.3 Å². The summed E-state index contributed by atoms with van der Waals surface area (Å²) in [5, 5.41) is 3.62. The average Bonchev–Trinajstić information content (AvgIpc) is 2.50. The first-order chi connectivity index (χ1) is 11.8. The van der Waals surface area contributed by atoms with Crippen LogP contribution in [0.25, 0.3) is 0 Å². The number of benzene rings is 1. The van der Waals surface area contributed by atoms with Crippen molar-refractivity contribution in [3.05, 3.63) is 28.8 Å². The lowest BCUT2D eigenvalue weighted by molar-refractivity contribution is 0.0477. The fourth-order valence-corrected chi connectivity index (χ4v) is 3.14. The van der Waals surface area contributed by atoms with E-state index in [-0.39, 0.29) is 12.1 Å². The normalized spacial score (nSPS) is 16.5. The quantitative estimate of drug-likeness (QED) is 0.845. The monoisotopic (exact) mass is 368 g/mol. The van der Waals surface area contributed by atoms with Gasteiger partial charge >= 0.3 is 6.09 Å². The Morgan fingerprint density at radius 3 is 2.56 bits per heavy atom. The lowest BCUT2D eigenvalue weighted by Crippen LogP contribution is -2.45. The smallest absolute Gasteiger partial charge is 0.407 e. The number of carbonyl (C=O) groups is 1. The fraction of sp³-hybridized carbons (Fsp3) is 0.632. The van der Waals surface area contributed by atoms with Crippen LogP contribution in [0.5, 0.6) is 5.75 Å². The van der Waals surface area contributed by atoms with E-state index in [1.807, 2.05) is 39.8 Å². The zero-order valence-corrected chi connectivity index (χ0v) is 16.4. The van der Waals surface area contributed by atoms with Gasteiger partial charge in [-0.2, -0.15) is 0 Å². The van der Waals surface area contributed by atoms with E-state index in [1.165, 1.54) is 5.56 Å². The number of halogens is 1. The van der Waals surface area contributed by atoms with E-state index in [0.29, 0.717) is 11.6 Å². The summed E-state index contributed by atoms with van der Waals surface area (Å²) in [5.74, 6) is 0.730. The van der Waals surface area contributed by atoms with Gasteiger partial charge in [-0.15, -0.1) is 0 Å². The maximum absolute atomic E-state index is 11.8. The zero-order chi connectivity index (χ0) is 18.4. The Morgan fingerprint density at radius 1 is 1.32 bits per heavy atom. The summed E-state index contributed by atoms with van der Waals surface area (Å²) in [6, 6.07) is 6.13. The maximum atomic E-state index is 11.8. The molecule has 0 aliphatic carbocycles. The maximum Gasteiger partial charge on any atom is 0.407 e. The molecule has 0 saturated carbocycles. The second-order valence-electron chi connectivity index (χ2n) is 7.39. The highest BCUT2D eigenvalue weighted by atomic mass is 35.5. The van der Waals surface area contributed by atoms with Gasteiger partial charge in [0.05, 0.1) is 11.6 Å². The predicted molar refractivity (Wildman–Crippen MR) is 100 cm³/mol. The van der Waals surface area contributed by atoms with Crippen molar-refractivity contribution in [1.29, 1.82) is 0 Å². The summed E-state index contributed by atoms with van der Waals surface area (Å²) >= 11 is 6.25. The van der Waals surface area contributed by atoms with Crippen LogP contribution in [0.2, 0.25) is 5.02 Å². The molecule has 140 valence electrons. The van der Waals surface area contributed by atoms with E-state index in [4.69, 9.17) is 21.1 Å². The first kappa shape index (κ1) is 19.9. The van der Waals surface area contributed by atoms with Gasteiger partial charge in [0.2, 0.25) is 0 Å².